The fraction of sp³-hybridized carbons (Fsp3) is 0. The molecule has 0 saturated carbocycles. The lowest BCUT2D eigenvalue weighted by Crippen LogP contribution is -2.15. The van der Waals surface area contributed by atoms with E-state index in [-0.39, 0.29) is 10.9 Å². The molecule has 2 heterocycles. The van der Waals surface area contributed by atoms with E-state index in [4.69, 9.17) is 0 Å². The molecular formula is C32H18F2N2O2. The number of pyridine rings is 2. The van der Waals surface area contributed by atoms with Crippen molar-refractivity contribution in [2.75, 3.05) is 0 Å². The number of benzene rings is 5. The quantitative estimate of drug-likeness (QED) is 0.243. The van der Waals surface area contributed by atoms with Crippen molar-refractivity contribution >= 4 is 43.6 Å². The normalized spacial score (nSPS) is 11.6. The molecule has 2 aromatic heterocycles. The van der Waals surface area contributed by atoms with Crippen molar-refractivity contribution in [3.05, 3.63) is 141 Å². The van der Waals surface area contributed by atoms with Crippen molar-refractivity contribution in [1.29, 1.82) is 0 Å². The Morgan fingerprint density at radius 2 is 0.789 bits per heavy atom. The number of rotatable bonds is 2. The third-order valence-corrected chi connectivity index (χ3v) is 7.00. The summed E-state index contributed by atoms with van der Waals surface area (Å²) >= 11 is 0. The van der Waals surface area contributed by atoms with Crippen LogP contribution in [-0.2, 0) is 0 Å². The van der Waals surface area contributed by atoms with Crippen molar-refractivity contribution in [2.24, 2.45) is 0 Å². The molecule has 0 radical (unpaired) electrons. The third-order valence-electron chi connectivity index (χ3n) is 7.00. The summed E-state index contributed by atoms with van der Waals surface area (Å²) in [5, 5.41) is 1.42. The first-order valence-electron chi connectivity index (χ1n) is 12.1. The zero-order chi connectivity index (χ0) is 26.0. The fourth-order valence-corrected chi connectivity index (χ4v) is 5.33. The molecule has 38 heavy (non-hydrogen) atoms. The third kappa shape index (κ3) is 3.20. The van der Waals surface area contributed by atoms with Crippen LogP contribution in [0.1, 0.15) is 0 Å². The van der Waals surface area contributed by atoms with Gasteiger partial charge in [0, 0.05) is 32.9 Å². The van der Waals surface area contributed by atoms with Gasteiger partial charge < -0.3 is 9.13 Å². The monoisotopic (exact) mass is 500 g/mol. The van der Waals surface area contributed by atoms with E-state index in [9.17, 15) is 18.4 Å². The van der Waals surface area contributed by atoms with Gasteiger partial charge in [0.2, 0.25) is 0 Å². The predicted octanol–water partition coefficient (Wildman–Crippen LogP) is 6.88. The molecule has 0 unspecified atom stereocenters. The van der Waals surface area contributed by atoms with Crippen LogP contribution in [0.2, 0.25) is 0 Å². The second-order valence-electron chi connectivity index (χ2n) is 9.21. The lowest BCUT2D eigenvalue weighted by molar-refractivity contribution is 0.628. The van der Waals surface area contributed by atoms with Crippen LogP contribution in [0.3, 0.4) is 0 Å². The number of halogens is 2. The van der Waals surface area contributed by atoms with E-state index in [0.29, 0.717) is 43.6 Å². The van der Waals surface area contributed by atoms with Gasteiger partial charge in [-0.3, -0.25) is 9.59 Å². The molecule has 0 atom stereocenters. The highest BCUT2D eigenvalue weighted by atomic mass is 19.1. The smallest absolute Gasteiger partial charge is 0.197 e. The van der Waals surface area contributed by atoms with Gasteiger partial charge in [-0.1, -0.05) is 36.4 Å². The zero-order valence-electron chi connectivity index (χ0n) is 19.9. The van der Waals surface area contributed by atoms with Crippen molar-refractivity contribution in [2.45, 2.75) is 0 Å². The molecule has 0 aliphatic rings. The summed E-state index contributed by atoms with van der Waals surface area (Å²) in [6, 6.07) is 30.2. The van der Waals surface area contributed by atoms with E-state index in [1.165, 1.54) is 36.4 Å². The van der Waals surface area contributed by atoms with Crippen LogP contribution in [0.25, 0.3) is 55.0 Å². The van der Waals surface area contributed by atoms with Crippen molar-refractivity contribution in [3.63, 3.8) is 0 Å². The Morgan fingerprint density at radius 1 is 0.421 bits per heavy atom. The van der Waals surface area contributed by atoms with Gasteiger partial charge in [-0.15, -0.1) is 0 Å². The van der Waals surface area contributed by atoms with Crippen LogP contribution in [0.4, 0.5) is 8.78 Å². The van der Waals surface area contributed by atoms with Gasteiger partial charge in [0.05, 0.1) is 22.1 Å². The number of fused-ring (bicyclic) bond motifs is 4. The minimum Gasteiger partial charge on any atom is -0.309 e. The molecule has 5 aromatic carbocycles. The largest absolute Gasteiger partial charge is 0.309 e. The molecule has 0 fully saturated rings. The molecule has 6 heteroatoms. The van der Waals surface area contributed by atoms with Crippen LogP contribution >= 0.6 is 0 Å². The maximum atomic E-state index is 14.4. The minimum absolute atomic E-state index is 0.282. The van der Waals surface area contributed by atoms with E-state index in [1.54, 1.807) is 21.3 Å². The van der Waals surface area contributed by atoms with Crippen LogP contribution in [0.5, 0.6) is 0 Å². The van der Waals surface area contributed by atoms with Crippen LogP contribution in [0, 0.1) is 11.6 Å². The summed E-state index contributed by atoms with van der Waals surface area (Å²) < 4.78 is 32.5. The maximum Gasteiger partial charge on any atom is 0.197 e. The highest BCUT2D eigenvalue weighted by Gasteiger charge is 2.19. The highest BCUT2D eigenvalue weighted by Crippen LogP contribution is 2.30. The summed E-state index contributed by atoms with van der Waals surface area (Å²) in [5.41, 5.74) is 2.64. The number of nitrogens with zero attached hydrogens (tertiary/aromatic N) is 2. The summed E-state index contributed by atoms with van der Waals surface area (Å²) in [7, 11) is 0. The SMILES string of the molecule is O=c1c2ccc(F)cc2n(-c2ccccc2)c2cc3c(=O)c4ccc(F)cc4n(-c4ccccc4)c3cc12. The Labute approximate surface area is 214 Å². The molecule has 0 spiro atoms. The summed E-state index contributed by atoms with van der Waals surface area (Å²) in [6.07, 6.45) is 0. The Kier molecular flexibility index (Phi) is 4.78. The van der Waals surface area contributed by atoms with Crippen LogP contribution < -0.4 is 10.9 Å². The predicted molar refractivity (Wildman–Crippen MR) is 148 cm³/mol. The number of para-hydroxylation sites is 2. The van der Waals surface area contributed by atoms with Crippen LogP contribution in [-0.4, -0.2) is 9.13 Å². The average molecular weight is 501 g/mol. The maximum absolute atomic E-state index is 14.4. The van der Waals surface area contributed by atoms with Crippen LogP contribution in [0.15, 0.2) is 119 Å². The van der Waals surface area contributed by atoms with Gasteiger partial charge in [-0.2, -0.15) is 0 Å². The number of hydrogen-bond donors (Lipinski definition) is 0. The van der Waals surface area contributed by atoms with Crippen molar-refractivity contribution < 1.29 is 8.78 Å². The molecule has 0 amide bonds. The molecule has 0 aliphatic heterocycles. The van der Waals surface area contributed by atoms with E-state index >= 15 is 0 Å². The first kappa shape index (κ1) is 22.1. The molecule has 0 saturated heterocycles. The molecule has 4 nitrogen and oxygen atoms in total. The highest BCUT2D eigenvalue weighted by molar-refractivity contribution is 6.05. The summed E-state index contributed by atoms with van der Waals surface area (Å²) in [6.45, 7) is 0. The van der Waals surface area contributed by atoms with Gasteiger partial charge in [-0.25, -0.2) is 8.78 Å². The van der Waals surface area contributed by atoms with Gasteiger partial charge in [0.25, 0.3) is 0 Å². The topological polar surface area (TPSA) is 44.0 Å². The molecule has 7 rings (SSSR count). The Hall–Kier alpha value is -5.10. The second kappa shape index (κ2) is 8.21. The second-order valence-corrected chi connectivity index (χ2v) is 9.21. The Bertz CT molecular complexity index is 2030. The number of aromatic nitrogens is 2. The minimum atomic E-state index is -0.471. The first-order valence-corrected chi connectivity index (χ1v) is 12.1. The first-order chi connectivity index (χ1) is 18.5. The van der Waals surface area contributed by atoms with E-state index in [1.807, 2.05) is 60.7 Å². The van der Waals surface area contributed by atoms with Gasteiger partial charge in [0.15, 0.2) is 10.9 Å². The van der Waals surface area contributed by atoms with E-state index < -0.39 is 11.6 Å². The average Bonchev–Trinajstić information content (AvgIpc) is 2.94. The molecular weight excluding hydrogens is 482 g/mol. The van der Waals surface area contributed by atoms with Gasteiger partial charge in [-0.05, 0) is 72.8 Å². The standard InChI is InChI=1S/C32H18F2N2O2/c33-19-11-13-23-27(15-19)35(21-7-3-1-4-8-21)29-17-26-30(18-25(29)31(23)37)36(22-9-5-2-6-10-22)28-16-20(34)12-14-24(28)32(26)38/h1-18H. The van der Waals surface area contributed by atoms with Crippen molar-refractivity contribution in [1.82, 2.24) is 9.13 Å². The lowest BCUT2D eigenvalue weighted by Gasteiger charge is -2.19. The number of hydrogen-bond acceptors (Lipinski definition) is 2. The van der Waals surface area contributed by atoms with Crippen molar-refractivity contribution in [3.8, 4) is 11.4 Å². The van der Waals surface area contributed by atoms with E-state index in [2.05, 4.69) is 0 Å². The molecule has 0 aliphatic carbocycles. The molecule has 0 bridgehead atoms. The Morgan fingerprint density at radius 3 is 1.18 bits per heavy atom. The fourth-order valence-electron chi connectivity index (χ4n) is 5.33. The van der Waals surface area contributed by atoms with Gasteiger partial charge in [0.1, 0.15) is 11.6 Å². The lowest BCUT2D eigenvalue weighted by atomic mass is 10.0. The summed E-state index contributed by atoms with van der Waals surface area (Å²) in [4.78, 5) is 27.6. The molecule has 0 N–H and O–H groups in total. The Balaban J connectivity index is 1.77. The summed E-state index contributed by atoms with van der Waals surface area (Å²) in [5.74, 6) is -0.942. The van der Waals surface area contributed by atoms with Gasteiger partial charge >= 0.3 is 0 Å². The van der Waals surface area contributed by atoms with E-state index in [0.717, 1.165) is 11.4 Å². The molecule has 7 aromatic rings. The molecule has 182 valence electrons. The zero-order valence-corrected chi connectivity index (χ0v) is 19.9.